The maximum atomic E-state index is 12.0. The fraction of sp³-hybridized carbons (Fsp3) is 0.176. The molecule has 8 nitrogen and oxygen atoms in total. The highest BCUT2D eigenvalue weighted by molar-refractivity contribution is 7.99. The number of benzene rings is 1. The van der Waals surface area contributed by atoms with E-state index in [4.69, 9.17) is 4.74 Å². The summed E-state index contributed by atoms with van der Waals surface area (Å²) in [7, 11) is 1.61. The van der Waals surface area contributed by atoms with Crippen molar-refractivity contribution in [3.63, 3.8) is 0 Å². The van der Waals surface area contributed by atoms with E-state index in [2.05, 4.69) is 20.3 Å². The van der Waals surface area contributed by atoms with Gasteiger partial charge in [0.25, 0.3) is 5.56 Å². The SMILES string of the molecule is COc1ccc(-c2csc(NC(=O)CCSc3nc(O)cc(=O)[nH]3)n2)cc1. The number of aromatic nitrogens is 3. The first-order valence-electron chi connectivity index (χ1n) is 7.86. The summed E-state index contributed by atoms with van der Waals surface area (Å²) < 4.78 is 5.13. The molecule has 10 heteroatoms. The molecule has 3 aromatic rings. The maximum Gasteiger partial charge on any atom is 0.255 e. The number of amides is 1. The van der Waals surface area contributed by atoms with Gasteiger partial charge in [0.1, 0.15) is 5.75 Å². The summed E-state index contributed by atoms with van der Waals surface area (Å²) in [6.45, 7) is 0. The Bertz CT molecular complexity index is 985. The number of thiazole rings is 1. The summed E-state index contributed by atoms with van der Waals surface area (Å²) in [4.78, 5) is 34.0. The Morgan fingerprint density at radius 3 is 2.81 bits per heavy atom. The average molecular weight is 404 g/mol. The molecule has 27 heavy (non-hydrogen) atoms. The molecule has 0 saturated heterocycles. The number of carbonyl (C=O) groups excluding carboxylic acids is 1. The predicted octanol–water partition coefficient (Wildman–Crippen LogP) is 2.73. The fourth-order valence-electron chi connectivity index (χ4n) is 2.14. The third kappa shape index (κ3) is 5.31. The number of thioether (sulfide) groups is 1. The number of aromatic amines is 1. The van der Waals surface area contributed by atoms with Crippen LogP contribution in [0.5, 0.6) is 11.6 Å². The van der Waals surface area contributed by atoms with Gasteiger partial charge in [-0.05, 0) is 24.3 Å². The first kappa shape index (κ1) is 18.9. The van der Waals surface area contributed by atoms with Gasteiger partial charge in [0, 0.05) is 23.1 Å². The van der Waals surface area contributed by atoms with E-state index in [-0.39, 0.29) is 23.4 Å². The van der Waals surface area contributed by atoms with Crippen LogP contribution in [0.3, 0.4) is 0 Å². The zero-order chi connectivity index (χ0) is 19.2. The molecule has 3 N–H and O–H groups in total. The van der Waals surface area contributed by atoms with E-state index in [0.717, 1.165) is 23.1 Å². The summed E-state index contributed by atoms with van der Waals surface area (Å²) >= 11 is 2.52. The summed E-state index contributed by atoms with van der Waals surface area (Å²) in [5.41, 5.74) is 1.26. The molecule has 0 aliphatic rings. The molecule has 0 atom stereocenters. The Morgan fingerprint density at radius 2 is 2.11 bits per heavy atom. The minimum atomic E-state index is -0.441. The van der Waals surface area contributed by atoms with Crippen molar-refractivity contribution in [3.05, 3.63) is 46.1 Å². The molecule has 0 spiro atoms. The number of hydrogen-bond donors (Lipinski definition) is 3. The third-order valence-corrected chi connectivity index (χ3v) is 5.04. The van der Waals surface area contributed by atoms with Crippen LogP contribution in [0.25, 0.3) is 11.3 Å². The molecule has 1 amide bonds. The number of rotatable bonds is 7. The van der Waals surface area contributed by atoms with Crippen molar-refractivity contribution in [1.29, 1.82) is 0 Å². The number of hydrogen-bond acceptors (Lipinski definition) is 8. The zero-order valence-corrected chi connectivity index (χ0v) is 15.9. The van der Waals surface area contributed by atoms with Crippen LogP contribution in [0.1, 0.15) is 6.42 Å². The van der Waals surface area contributed by atoms with Crippen molar-refractivity contribution < 1.29 is 14.6 Å². The summed E-state index contributed by atoms with van der Waals surface area (Å²) in [6, 6.07) is 8.49. The molecule has 1 aromatic carbocycles. The van der Waals surface area contributed by atoms with Gasteiger partial charge in [0.15, 0.2) is 10.3 Å². The number of nitrogens with zero attached hydrogens (tertiary/aromatic N) is 2. The summed E-state index contributed by atoms with van der Waals surface area (Å²) in [5.74, 6) is 0.623. The number of nitrogens with one attached hydrogen (secondary N) is 2. The van der Waals surface area contributed by atoms with Crippen LogP contribution < -0.4 is 15.6 Å². The lowest BCUT2D eigenvalue weighted by Crippen LogP contribution is -2.12. The number of carbonyl (C=O) groups is 1. The standard InChI is InChI=1S/C17H16N4O4S2/c1-25-11-4-2-10(3-5-11)12-9-27-16(18-12)19-13(22)6-7-26-17-20-14(23)8-15(24)21-17/h2-5,8-9H,6-7H2,1H3,(H,18,19,22)(H2,20,21,23,24). The van der Waals surface area contributed by atoms with Gasteiger partial charge in [-0.3, -0.25) is 9.59 Å². The Balaban J connectivity index is 1.52. The molecule has 0 fully saturated rings. The zero-order valence-electron chi connectivity index (χ0n) is 14.3. The molecule has 0 saturated carbocycles. The van der Waals surface area contributed by atoms with Gasteiger partial charge in [-0.25, -0.2) is 4.98 Å². The van der Waals surface area contributed by atoms with Crippen molar-refractivity contribution in [2.45, 2.75) is 11.6 Å². The maximum absolute atomic E-state index is 12.0. The second kappa shape index (κ2) is 8.69. The van der Waals surface area contributed by atoms with Crippen LogP contribution in [0.15, 0.2) is 45.7 Å². The van der Waals surface area contributed by atoms with E-state index in [1.54, 1.807) is 7.11 Å². The monoisotopic (exact) mass is 404 g/mol. The lowest BCUT2D eigenvalue weighted by atomic mass is 10.2. The van der Waals surface area contributed by atoms with Crippen molar-refractivity contribution in [3.8, 4) is 22.9 Å². The lowest BCUT2D eigenvalue weighted by Gasteiger charge is -2.02. The van der Waals surface area contributed by atoms with E-state index < -0.39 is 5.56 Å². The molecule has 0 radical (unpaired) electrons. The second-order valence-corrected chi connectivity index (χ2v) is 7.26. The first-order chi connectivity index (χ1) is 13.0. The number of aromatic hydroxyl groups is 1. The van der Waals surface area contributed by atoms with E-state index in [9.17, 15) is 14.7 Å². The van der Waals surface area contributed by atoms with Crippen molar-refractivity contribution in [1.82, 2.24) is 15.0 Å². The van der Waals surface area contributed by atoms with Gasteiger partial charge in [-0.15, -0.1) is 11.3 Å². The van der Waals surface area contributed by atoms with Crippen molar-refractivity contribution >= 4 is 34.1 Å². The molecule has 2 aromatic heterocycles. The Labute approximate surface area is 162 Å². The van der Waals surface area contributed by atoms with Crippen LogP contribution >= 0.6 is 23.1 Å². The van der Waals surface area contributed by atoms with E-state index >= 15 is 0 Å². The Hall–Kier alpha value is -2.85. The number of methoxy groups -OCH3 is 1. The molecule has 0 aliphatic heterocycles. The number of H-pyrrole nitrogens is 1. The van der Waals surface area contributed by atoms with Crippen LogP contribution in [0, 0.1) is 0 Å². The van der Waals surface area contributed by atoms with Crippen LogP contribution in [0.2, 0.25) is 0 Å². The molecule has 140 valence electrons. The van der Waals surface area contributed by atoms with Gasteiger partial charge < -0.3 is 20.1 Å². The molecule has 3 rings (SSSR count). The van der Waals surface area contributed by atoms with Gasteiger partial charge in [0.05, 0.1) is 18.9 Å². The lowest BCUT2D eigenvalue weighted by molar-refractivity contribution is -0.115. The highest BCUT2D eigenvalue weighted by Gasteiger charge is 2.09. The Morgan fingerprint density at radius 1 is 1.33 bits per heavy atom. The average Bonchev–Trinajstić information content (AvgIpc) is 3.09. The van der Waals surface area contributed by atoms with Gasteiger partial charge in [-0.2, -0.15) is 4.98 Å². The minimum absolute atomic E-state index is 0.194. The number of ether oxygens (including phenoxy) is 1. The second-order valence-electron chi connectivity index (χ2n) is 5.32. The molecule has 0 unspecified atom stereocenters. The highest BCUT2D eigenvalue weighted by atomic mass is 32.2. The third-order valence-electron chi connectivity index (χ3n) is 3.41. The van der Waals surface area contributed by atoms with Gasteiger partial charge in [-0.1, -0.05) is 11.8 Å². The van der Waals surface area contributed by atoms with E-state index in [0.29, 0.717) is 10.9 Å². The summed E-state index contributed by atoms with van der Waals surface area (Å²) in [6.07, 6.45) is 0.210. The highest BCUT2D eigenvalue weighted by Crippen LogP contribution is 2.26. The molecule has 0 bridgehead atoms. The number of anilines is 1. The largest absolute Gasteiger partial charge is 0.497 e. The topological polar surface area (TPSA) is 117 Å². The van der Waals surface area contributed by atoms with Crippen LogP contribution in [0.4, 0.5) is 5.13 Å². The van der Waals surface area contributed by atoms with Crippen LogP contribution in [-0.2, 0) is 4.79 Å². The van der Waals surface area contributed by atoms with Crippen LogP contribution in [-0.4, -0.2) is 38.8 Å². The van der Waals surface area contributed by atoms with Crippen molar-refractivity contribution in [2.24, 2.45) is 0 Å². The molecular weight excluding hydrogens is 388 g/mol. The fourth-order valence-corrected chi connectivity index (χ4v) is 3.69. The van der Waals surface area contributed by atoms with Crippen molar-refractivity contribution in [2.75, 3.05) is 18.2 Å². The van der Waals surface area contributed by atoms with E-state index in [1.165, 1.54) is 23.1 Å². The van der Waals surface area contributed by atoms with Gasteiger partial charge in [0.2, 0.25) is 11.8 Å². The minimum Gasteiger partial charge on any atom is -0.497 e. The molecule has 0 aliphatic carbocycles. The quantitative estimate of drug-likeness (QED) is 0.409. The smallest absolute Gasteiger partial charge is 0.255 e. The molecular formula is C17H16N4O4S2. The van der Waals surface area contributed by atoms with Gasteiger partial charge >= 0.3 is 0 Å². The van der Waals surface area contributed by atoms with E-state index in [1.807, 2.05) is 29.6 Å². The summed E-state index contributed by atoms with van der Waals surface area (Å²) in [5, 5.41) is 14.7. The predicted molar refractivity (Wildman–Crippen MR) is 105 cm³/mol. The Kier molecular flexibility index (Phi) is 6.09. The molecule has 2 heterocycles. The first-order valence-corrected chi connectivity index (χ1v) is 9.73. The normalized spacial score (nSPS) is 10.6.